The zero-order valence-corrected chi connectivity index (χ0v) is 14.0. The normalized spacial score (nSPS) is 11.5. The lowest BCUT2D eigenvalue weighted by molar-refractivity contribution is -0.135. The van der Waals surface area contributed by atoms with Crippen molar-refractivity contribution >= 4 is 5.91 Å². The summed E-state index contributed by atoms with van der Waals surface area (Å²) in [4.78, 5) is 15.2. The lowest BCUT2D eigenvalue weighted by Crippen LogP contribution is -2.43. The van der Waals surface area contributed by atoms with Crippen molar-refractivity contribution in [1.82, 2.24) is 25.1 Å². The predicted molar refractivity (Wildman–Crippen MR) is 86.5 cm³/mol. The second-order valence-corrected chi connectivity index (χ2v) is 6.23. The van der Waals surface area contributed by atoms with E-state index in [2.05, 4.69) is 15.4 Å². The van der Waals surface area contributed by atoms with Crippen LogP contribution in [0.5, 0.6) is 0 Å². The Hall–Kier alpha value is -2.28. The molecule has 1 heterocycles. The molecule has 1 amide bonds. The van der Waals surface area contributed by atoms with Crippen LogP contribution >= 0.6 is 0 Å². The zero-order chi connectivity index (χ0) is 17.0. The third kappa shape index (κ3) is 4.85. The van der Waals surface area contributed by atoms with Gasteiger partial charge in [0.05, 0.1) is 5.60 Å². The number of hydrogen-bond acceptors (Lipinski definition) is 5. The van der Waals surface area contributed by atoms with Crippen LogP contribution in [-0.2, 0) is 11.3 Å². The fourth-order valence-electron chi connectivity index (χ4n) is 2.19. The van der Waals surface area contributed by atoms with Gasteiger partial charge in [0.2, 0.25) is 11.7 Å². The van der Waals surface area contributed by atoms with Crippen molar-refractivity contribution in [2.75, 3.05) is 13.1 Å². The van der Waals surface area contributed by atoms with E-state index in [4.69, 9.17) is 0 Å². The van der Waals surface area contributed by atoms with Gasteiger partial charge in [0, 0.05) is 18.7 Å². The number of tetrazole rings is 1. The second kappa shape index (κ2) is 6.87. The number of nitrogens with zero attached hydrogens (tertiary/aromatic N) is 5. The summed E-state index contributed by atoms with van der Waals surface area (Å²) in [5.41, 5.74) is 1.08. The molecule has 0 radical (unpaired) electrons. The van der Waals surface area contributed by atoms with E-state index in [1.807, 2.05) is 38.1 Å². The van der Waals surface area contributed by atoms with E-state index in [1.165, 1.54) is 4.80 Å². The molecule has 0 unspecified atom stereocenters. The van der Waals surface area contributed by atoms with E-state index in [-0.39, 0.29) is 19.0 Å². The highest BCUT2D eigenvalue weighted by Gasteiger charge is 2.22. The molecule has 2 aromatic rings. The van der Waals surface area contributed by atoms with Gasteiger partial charge in [-0.2, -0.15) is 4.80 Å². The molecule has 124 valence electrons. The maximum Gasteiger partial charge on any atom is 0.246 e. The first-order valence-electron chi connectivity index (χ1n) is 7.63. The van der Waals surface area contributed by atoms with Gasteiger partial charge >= 0.3 is 0 Å². The molecule has 7 nitrogen and oxygen atoms in total. The summed E-state index contributed by atoms with van der Waals surface area (Å²) < 4.78 is 0. The summed E-state index contributed by atoms with van der Waals surface area (Å²) in [5.74, 6) is 0.339. The molecule has 0 atom stereocenters. The molecule has 23 heavy (non-hydrogen) atoms. The Morgan fingerprint density at radius 2 is 1.96 bits per heavy atom. The molecule has 1 N–H and O–H groups in total. The van der Waals surface area contributed by atoms with Crippen LogP contribution in [-0.4, -0.2) is 54.8 Å². The van der Waals surface area contributed by atoms with E-state index < -0.39 is 5.60 Å². The number of aromatic nitrogens is 4. The van der Waals surface area contributed by atoms with E-state index in [9.17, 15) is 9.90 Å². The van der Waals surface area contributed by atoms with Crippen LogP contribution in [0.1, 0.15) is 26.3 Å². The molecule has 0 bridgehead atoms. The fraction of sp³-hybridized carbons (Fsp3) is 0.500. The topological polar surface area (TPSA) is 84.1 Å². The monoisotopic (exact) mass is 317 g/mol. The molecule has 0 saturated carbocycles. The van der Waals surface area contributed by atoms with Gasteiger partial charge in [0.1, 0.15) is 6.54 Å². The van der Waals surface area contributed by atoms with E-state index in [0.29, 0.717) is 12.4 Å². The van der Waals surface area contributed by atoms with Crippen LogP contribution in [0, 0.1) is 6.92 Å². The lowest BCUT2D eigenvalue weighted by atomic mass is 10.1. The average Bonchev–Trinajstić information content (AvgIpc) is 2.93. The van der Waals surface area contributed by atoms with Gasteiger partial charge in [0.15, 0.2) is 0 Å². The highest BCUT2D eigenvalue weighted by molar-refractivity contribution is 5.75. The second-order valence-electron chi connectivity index (χ2n) is 6.23. The number of carbonyl (C=O) groups is 1. The Balaban J connectivity index is 2.06. The van der Waals surface area contributed by atoms with E-state index >= 15 is 0 Å². The molecule has 0 fully saturated rings. The Morgan fingerprint density at radius 3 is 2.52 bits per heavy atom. The highest BCUT2D eigenvalue weighted by atomic mass is 16.3. The van der Waals surface area contributed by atoms with Gasteiger partial charge in [-0.3, -0.25) is 4.79 Å². The lowest BCUT2D eigenvalue weighted by Gasteiger charge is -2.27. The van der Waals surface area contributed by atoms with Crippen molar-refractivity contribution in [3.8, 4) is 11.4 Å². The maximum atomic E-state index is 12.3. The molecular formula is C16H23N5O2. The predicted octanol–water partition coefficient (Wildman–Crippen LogP) is 1.27. The average molecular weight is 317 g/mol. The smallest absolute Gasteiger partial charge is 0.246 e. The van der Waals surface area contributed by atoms with Gasteiger partial charge in [-0.1, -0.05) is 29.8 Å². The number of carbonyl (C=O) groups excluding carboxylic acids is 1. The summed E-state index contributed by atoms with van der Waals surface area (Å²) in [6.07, 6.45) is 0. The van der Waals surface area contributed by atoms with Crippen LogP contribution in [0.4, 0.5) is 0 Å². The molecule has 0 saturated heterocycles. The first-order valence-corrected chi connectivity index (χ1v) is 7.63. The Morgan fingerprint density at radius 1 is 1.30 bits per heavy atom. The standard InChI is InChI=1S/C16H23N5O2/c1-5-20(11-16(3,4)23)14(22)10-21-18-15(17-19-21)13-8-6-12(2)7-9-13/h6-9,23H,5,10-11H2,1-4H3. The number of hydrogen-bond donors (Lipinski definition) is 1. The van der Waals surface area contributed by atoms with Crippen molar-refractivity contribution in [3.05, 3.63) is 29.8 Å². The summed E-state index contributed by atoms with van der Waals surface area (Å²) in [6, 6.07) is 7.79. The van der Waals surface area contributed by atoms with Crippen molar-refractivity contribution < 1.29 is 9.90 Å². The third-order valence-electron chi connectivity index (χ3n) is 3.35. The Bertz CT molecular complexity index is 658. The van der Waals surface area contributed by atoms with Gasteiger partial charge < -0.3 is 10.0 Å². The Kier molecular flexibility index (Phi) is 5.10. The molecular weight excluding hydrogens is 294 g/mol. The van der Waals surface area contributed by atoms with Crippen molar-refractivity contribution in [2.24, 2.45) is 0 Å². The van der Waals surface area contributed by atoms with Crippen LogP contribution < -0.4 is 0 Å². The number of aliphatic hydroxyl groups is 1. The molecule has 1 aromatic carbocycles. The van der Waals surface area contributed by atoms with Crippen LogP contribution in [0.15, 0.2) is 24.3 Å². The van der Waals surface area contributed by atoms with Crippen molar-refractivity contribution in [3.63, 3.8) is 0 Å². The minimum atomic E-state index is -0.936. The van der Waals surface area contributed by atoms with E-state index in [0.717, 1.165) is 11.1 Å². The number of aryl methyl sites for hydroxylation is 1. The largest absolute Gasteiger partial charge is 0.389 e. The SMILES string of the molecule is CCN(CC(C)(C)O)C(=O)Cn1nnc(-c2ccc(C)cc2)n1. The molecule has 0 spiro atoms. The van der Waals surface area contributed by atoms with Crippen LogP contribution in [0.25, 0.3) is 11.4 Å². The van der Waals surface area contributed by atoms with Crippen LogP contribution in [0.2, 0.25) is 0 Å². The van der Waals surface area contributed by atoms with E-state index in [1.54, 1.807) is 18.7 Å². The van der Waals surface area contributed by atoms with Crippen molar-refractivity contribution in [2.45, 2.75) is 39.8 Å². The number of amides is 1. The molecule has 2 rings (SSSR count). The summed E-state index contributed by atoms with van der Waals surface area (Å²) >= 11 is 0. The fourth-order valence-corrected chi connectivity index (χ4v) is 2.19. The van der Waals surface area contributed by atoms with Gasteiger partial charge in [-0.15, -0.1) is 10.2 Å². The van der Waals surface area contributed by atoms with Gasteiger partial charge in [-0.25, -0.2) is 0 Å². The zero-order valence-electron chi connectivity index (χ0n) is 14.0. The van der Waals surface area contributed by atoms with Crippen LogP contribution in [0.3, 0.4) is 0 Å². The van der Waals surface area contributed by atoms with Gasteiger partial charge in [-0.05, 0) is 32.9 Å². The molecule has 0 aliphatic heterocycles. The highest BCUT2D eigenvalue weighted by Crippen LogP contribution is 2.14. The quantitative estimate of drug-likeness (QED) is 0.867. The minimum Gasteiger partial charge on any atom is -0.389 e. The number of rotatable bonds is 6. The summed E-state index contributed by atoms with van der Waals surface area (Å²) in [5, 5.41) is 22.0. The molecule has 7 heteroatoms. The molecule has 1 aromatic heterocycles. The Labute approximate surface area is 135 Å². The minimum absolute atomic E-state index is 0.00276. The first-order chi connectivity index (χ1) is 10.8. The molecule has 0 aliphatic carbocycles. The molecule has 0 aliphatic rings. The summed E-state index contributed by atoms with van der Waals surface area (Å²) in [6.45, 7) is 8.01. The third-order valence-corrected chi connectivity index (χ3v) is 3.35. The maximum absolute atomic E-state index is 12.3. The van der Waals surface area contributed by atoms with Crippen molar-refractivity contribution in [1.29, 1.82) is 0 Å². The number of benzene rings is 1. The van der Waals surface area contributed by atoms with Gasteiger partial charge in [0.25, 0.3) is 0 Å². The number of likely N-dealkylation sites (N-methyl/N-ethyl adjacent to an activating group) is 1. The summed E-state index contributed by atoms with van der Waals surface area (Å²) in [7, 11) is 0. The first kappa shape index (κ1) is 17.1.